The van der Waals surface area contributed by atoms with E-state index in [-0.39, 0.29) is 11.9 Å². The normalized spacial score (nSPS) is 13.5. The van der Waals surface area contributed by atoms with E-state index in [1.165, 1.54) is 35.9 Å². The highest BCUT2D eigenvalue weighted by molar-refractivity contribution is 8.01. The molecule has 7 heteroatoms. The average molecular weight is 411 g/mol. The molecular weight excluding hydrogens is 388 g/mol. The van der Waals surface area contributed by atoms with Crippen LogP contribution in [0.2, 0.25) is 0 Å². The second-order valence-electron chi connectivity index (χ2n) is 6.81. The lowest BCUT2D eigenvalue weighted by molar-refractivity contribution is -0.128. The van der Waals surface area contributed by atoms with Crippen molar-refractivity contribution in [2.24, 2.45) is 0 Å². The van der Waals surface area contributed by atoms with Crippen LogP contribution in [0.3, 0.4) is 0 Å². The first-order chi connectivity index (χ1) is 13.7. The van der Waals surface area contributed by atoms with Gasteiger partial charge in [0, 0.05) is 13.1 Å². The Hall–Kier alpha value is -2.38. The Bertz CT molecular complexity index is 873. The van der Waals surface area contributed by atoms with E-state index in [4.69, 9.17) is 0 Å². The van der Waals surface area contributed by atoms with Gasteiger partial charge in [-0.05, 0) is 24.0 Å². The van der Waals surface area contributed by atoms with E-state index in [2.05, 4.69) is 39.8 Å². The first-order valence-corrected chi connectivity index (χ1v) is 11.1. The molecule has 1 heterocycles. The summed E-state index contributed by atoms with van der Waals surface area (Å²) in [5.74, 6) is 0.402. The topological polar surface area (TPSA) is 58.1 Å². The molecule has 1 fully saturated rings. The fraction of sp³-hybridized carbons (Fsp3) is 0.286. The van der Waals surface area contributed by atoms with Crippen molar-refractivity contribution < 1.29 is 4.79 Å². The number of anilines is 1. The molecule has 1 amide bonds. The number of nitrogens with zero attached hydrogens (tertiary/aromatic N) is 3. The third-order valence-electron chi connectivity index (χ3n) is 4.64. The molecule has 3 aromatic rings. The van der Waals surface area contributed by atoms with Gasteiger partial charge >= 0.3 is 0 Å². The van der Waals surface area contributed by atoms with Crippen molar-refractivity contribution in [3.05, 3.63) is 71.8 Å². The molecule has 4 rings (SSSR count). The Morgan fingerprint density at radius 2 is 1.71 bits per heavy atom. The minimum Gasteiger partial charge on any atom is -0.357 e. The van der Waals surface area contributed by atoms with Crippen LogP contribution in [-0.2, 0) is 4.79 Å². The van der Waals surface area contributed by atoms with Crippen molar-refractivity contribution in [3.8, 4) is 0 Å². The number of carbonyl (C=O) groups is 1. The number of carbonyl (C=O) groups excluding carboxylic acids is 1. The summed E-state index contributed by atoms with van der Waals surface area (Å²) < 4.78 is 0.820. The van der Waals surface area contributed by atoms with Crippen molar-refractivity contribution >= 4 is 34.1 Å². The third kappa shape index (κ3) is 4.72. The first-order valence-electron chi connectivity index (χ1n) is 9.29. The number of hydrogen-bond donors (Lipinski definition) is 1. The van der Waals surface area contributed by atoms with Crippen LogP contribution in [0.4, 0.5) is 5.13 Å². The van der Waals surface area contributed by atoms with Gasteiger partial charge in [0.15, 0.2) is 4.34 Å². The van der Waals surface area contributed by atoms with E-state index in [0.29, 0.717) is 11.8 Å². The van der Waals surface area contributed by atoms with Crippen molar-refractivity contribution in [1.82, 2.24) is 15.1 Å². The highest BCUT2D eigenvalue weighted by Gasteiger charge is 2.25. The smallest absolute Gasteiger partial charge is 0.233 e. The van der Waals surface area contributed by atoms with Gasteiger partial charge in [-0.2, -0.15) is 0 Å². The molecule has 1 N–H and O–H groups in total. The van der Waals surface area contributed by atoms with E-state index >= 15 is 0 Å². The third-order valence-corrected chi connectivity index (χ3v) is 6.61. The summed E-state index contributed by atoms with van der Waals surface area (Å²) in [6, 6.07) is 20.7. The van der Waals surface area contributed by atoms with E-state index in [0.717, 1.165) is 20.6 Å². The summed E-state index contributed by atoms with van der Waals surface area (Å²) in [4.78, 5) is 14.8. The molecule has 0 radical (unpaired) electrons. The minimum atomic E-state index is -0.114. The quantitative estimate of drug-likeness (QED) is 0.556. The number of rotatable bonds is 8. The molecule has 144 valence electrons. The van der Waals surface area contributed by atoms with Crippen molar-refractivity contribution in [1.29, 1.82) is 0 Å². The number of aromatic nitrogens is 2. The Morgan fingerprint density at radius 1 is 1.11 bits per heavy atom. The van der Waals surface area contributed by atoms with Crippen molar-refractivity contribution in [2.45, 2.75) is 29.3 Å². The lowest BCUT2D eigenvalue weighted by atomic mass is 9.97. The van der Waals surface area contributed by atoms with Crippen LogP contribution in [-0.4, -0.2) is 39.8 Å². The van der Waals surface area contributed by atoms with Gasteiger partial charge in [-0.25, -0.2) is 0 Å². The summed E-state index contributed by atoms with van der Waals surface area (Å²) in [6.07, 6.45) is 2.40. The van der Waals surface area contributed by atoms with Gasteiger partial charge in [0.1, 0.15) is 0 Å². The zero-order chi connectivity index (χ0) is 19.3. The van der Waals surface area contributed by atoms with Gasteiger partial charge in [-0.15, -0.1) is 10.2 Å². The summed E-state index contributed by atoms with van der Waals surface area (Å²) >= 11 is 2.96. The van der Waals surface area contributed by atoms with Crippen LogP contribution in [0, 0.1) is 0 Å². The van der Waals surface area contributed by atoms with Gasteiger partial charge in [-0.3, -0.25) is 4.79 Å². The maximum Gasteiger partial charge on any atom is 0.233 e. The molecule has 0 atom stereocenters. The molecule has 1 saturated carbocycles. The van der Waals surface area contributed by atoms with E-state index in [9.17, 15) is 4.79 Å². The van der Waals surface area contributed by atoms with E-state index in [1.807, 2.05) is 48.3 Å². The molecule has 1 aliphatic rings. The predicted molar refractivity (Wildman–Crippen MR) is 115 cm³/mol. The van der Waals surface area contributed by atoms with Gasteiger partial charge in [0.05, 0.1) is 11.8 Å². The fourth-order valence-corrected chi connectivity index (χ4v) is 4.76. The average Bonchev–Trinajstić information content (AvgIpc) is 3.44. The molecule has 2 aromatic carbocycles. The molecular formula is C21H22N4OS2. The molecule has 1 aromatic heterocycles. The summed E-state index contributed by atoms with van der Waals surface area (Å²) in [6.45, 7) is 0. The van der Waals surface area contributed by atoms with Gasteiger partial charge in [0.25, 0.3) is 0 Å². The van der Waals surface area contributed by atoms with E-state index in [1.54, 1.807) is 0 Å². The van der Waals surface area contributed by atoms with Crippen LogP contribution < -0.4 is 5.32 Å². The monoisotopic (exact) mass is 410 g/mol. The highest BCUT2D eigenvalue weighted by atomic mass is 32.2. The fourth-order valence-electron chi connectivity index (χ4n) is 3.01. The van der Waals surface area contributed by atoms with Gasteiger partial charge in [-0.1, -0.05) is 83.8 Å². The largest absolute Gasteiger partial charge is 0.357 e. The second kappa shape index (κ2) is 8.75. The minimum absolute atomic E-state index is 0.0645. The maximum atomic E-state index is 12.9. The Morgan fingerprint density at radius 3 is 2.29 bits per heavy atom. The molecule has 28 heavy (non-hydrogen) atoms. The molecule has 5 nitrogen and oxygen atoms in total. The first kappa shape index (κ1) is 19.0. The second-order valence-corrected chi connectivity index (χ2v) is 9.01. The van der Waals surface area contributed by atoms with Gasteiger partial charge in [0.2, 0.25) is 11.0 Å². The predicted octanol–water partition coefficient (Wildman–Crippen LogP) is 4.45. The maximum absolute atomic E-state index is 12.9. The number of thioether (sulfide) groups is 1. The molecule has 0 spiro atoms. The van der Waals surface area contributed by atoms with Crippen LogP contribution in [0.15, 0.2) is 65.0 Å². The number of benzene rings is 2. The molecule has 0 bridgehead atoms. The number of amides is 1. The molecule has 0 unspecified atom stereocenters. The van der Waals surface area contributed by atoms with Gasteiger partial charge < -0.3 is 10.2 Å². The lowest BCUT2D eigenvalue weighted by Crippen LogP contribution is -2.33. The Labute approximate surface area is 173 Å². The number of hydrogen-bond acceptors (Lipinski definition) is 6. The molecule has 0 aliphatic heterocycles. The lowest BCUT2D eigenvalue weighted by Gasteiger charge is -2.29. The zero-order valence-corrected chi connectivity index (χ0v) is 17.2. The number of nitrogens with one attached hydrogen (secondary N) is 1. The Balaban J connectivity index is 1.44. The standard InChI is InChI=1S/C21H22N4OS2/c1-25(18(26)14-27-21-24-23-20(28-21)22-17-12-13-17)19(15-8-4-2-5-9-15)16-10-6-3-7-11-16/h2-11,17,19H,12-14H2,1H3,(H,22,23). The van der Waals surface area contributed by atoms with E-state index < -0.39 is 0 Å². The van der Waals surface area contributed by atoms with Crippen molar-refractivity contribution in [2.75, 3.05) is 18.1 Å². The SMILES string of the molecule is CN(C(=O)CSc1nnc(NC2CC2)s1)C(c1ccccc1)c1ccccc1. The Kier molecular flexibility index (Phi) is 5.92. The summed E-state index contributed by atoms with van der Waals surface area (Å²) in [5.41, 5.74) is 2.20. The highest BCUT2D eigenvalue weighted by Crippen LogP contribution is 2.32. The van der Waals surface area contributed by atoms with Crippen LogP contribution in [0.5, 0.6) is 0 Å². The molecule has 1 aliphatic carbocycles. The summed E-state index contributed by atoms with van der Waals surface area (Å²) in [7, 11) is 1.87. The summed E-state index contributed by atoms with van der Waals surface area (Å²) in [5, 5.41) is 12.5. The van der Waals surface area contributed by atoms with Crippen molar-refractivity contribution in [3.63, 3.8) is 0 Å². The van der Waals surface area contributed by atoms with Crippen LogP contribution >= 0.6 is 23.1 Å². The molecule has 0 saturated heterocycles. The van der Waals surface area contributed by atoms with Crippen LogP contribution in [0.1, 0.15) is 30.0 Å². The van der Waals surface area contributed by atoms with Crippen LogP contribution in [0.25, 0.3) is 0 Å². The zero-order valence-electron chi connectivity index (χ0n) is 15.6.